The van der Waals surface area contributed by atoms with Crippen molar-refractivity contribution in [2.45, 2.75) is 44.6 Å². The van der Waals surface area contributed by atoms with Crippen LogP contribution in [0.5, 0.6) is 0 Å². The monoisotopic (exact) mass is 355 g/mol. The molecule has 0 radical (unpaired) electrons. The van der Waals surface area contributed by atoms with Crippen LogP contribution in [0.1, 0.15) is 43.0 Å². The summed E-state index contributed by atoms with van der Waals surface area (Å²) in [5.74, 6) is 1.39. The highest BCUT2D eigenvalue weighted by atomic mass is 16.2. The van der Waals surface area contributed by atoms with Gasteiger partial charge in [0.2, 0.25) is 5.91 Å². The second kappa shape index (κ2) is 6.63. The average molecular weight is 355 g/mol. The molecule has 7 heteroatoms. The van der Waals surface area contributed by atoms with Crippen LogP contribution in [0.2, 0.25) is 0 Å². The first kappa shape index (κ1) is 16.9. The molecule has 3 N–H and O–H groups in total. The Kier molecular flexibility index (Phi) is 4.30. The second-order valence-electron chi connectivity index (χ2n) is 7.38. The predicted octanol–water partition coefficient (Wildman–Crippen LogP) is 2.12. The van der Waals surface area contributed by atoms with Gasteiger partial charge in [0.25, 0.3) is 0 Å². The first-order valence-electron chi connectivity index (χ1n) is 9.34. The summed E-state index contributed by atoms with van der Waals surface area (Å²) in [6.45, 7) is 4.05. The molecule has 1 atom stereocenters. The van der Waals surface area contributed by atoms with E-state index in [-0.39, 0.29) is 11.9 Å². The van der Waals surface area contributed by atoms with Crippen LogP contribution in [0.3, 0.4) is 0 Å². The number of urea groups is 1. The van der Waals surface area contributed by atoms with Gasteiger partial charge in [-0.2, -0.15) is 0 Å². The van der Waals surface area contributed by atoms with Crippen molar-refractivity contribution in [3.63, 3.8) is 0 Å². The highest BCUT2D eigenvalue weighted by Gasteiger charge is 2.37. The van der Waals surface area contributed by atoms with E-state index in [1.807, 2.05) is 11.0 Å². The van der Waals surface area contributed by atoms with Gasteiger partial charge in [-0.3, -0.25) is 4.79 Å². The highest BCUT2D eigenvalue weighted by Crippen LogP contribution is 2.30. The number of hydrogen-bond donors (Lipinski definition) is 2. The quantitative estimate of drug-likeness (QED) is 0.864. The summed E-state index contributed by atoms with van der Waals surface area (Å²) in [4.78, 5) is 35.9. The van der Waals surface area contributed by atoms with E-state index in [1.54, 1.807) is 0 Å². The number of hydrogen-bond acceptors (Lipinski definition) is 3. The number of aryl methyl sites for hydroxylation is 1. The van der Waals surface area contributed by atoms with Crippen molar-refractivity contribution >= 4 is 23.0 Å². The largest absolute Gasteiger partial charge is 0.351 e. The lowest BCUT2D eigenvalue weighted by atomic mass is 9.95. The number of rotatable bonds is 2. The van der Waals surface area contributed by atoms with Gasteiger partial charge < -0.3 is 20.5 Å². The zero-order chi connectivity index (χ0) is 18.3. The van der Waals surface area contributed by atoms with E-state index in [2.05, 4.69) is 24.0 Å². The van der Waals surface area contributed by atoms with Crippen molar-refractivity contribution in [3.05, 3.63) is 29.6 Å². The van der Waals surface area contributed by atoms with Crippen LogP contribution in [-0.2, 0) is 4.79 Å². The van der Waals surface area contributed by atoms with Gasteiger partial charge in [-0.1, -0.05) is 12.1 Å². The van der Waals surface area contributed by atoms with Gasteiger partial charge in [0.1, 0.15) is 11.9 Å². The topological polar surface area (TPSA) is 95.3 Å². The van der Waals surface area contributed by atoms with E-state index in [0.717, 1.165) is 36.1 Å². The van der Waals surface area contributed by atoms with Crippen molar-refractivity contribution in [1.82, 2.24) is 19.8 Å². The minimum atomic E-state index is -0.492. The van der Waals surface area contributed by atoms with E-state index in [4.69, 9.17) is 10.7 Å². The van der Waals surface area contributed by atoms with Crippen LogP contribution in [0.25, 0.3) is 11.0 Å². The molecule has 7 nitrogen and oxygen atoms in total. The van der Waals surface area contributed by atoms with Crippen molar-refractivity contribution in [1.29, 1.82) is 0 Å². The Morgan fingerprint density at radius 3 is 2.65 bits per heavy atom. The van der Waals surface area contributed by atoms with Gasteiger partial charge in [0.05, 0.1) is 11.0 Å². The summed E-state index contributed by atoms with van der Waals surface area (Å²) in [5, 5.41) is 0. The number of carbonyl (C=O) groups is 2. The van der Waals surface area contributed by atoms with Gasteiger partial charge in [0.15, 0.2) is 0 Å². The number of nitrogens with one attached hydrogen (secondary N) is 1. The molecule has 1 aromatic carbocycles. The van der Waals surface area contributed by atoms with E-state index in [0.29, 0.717) is 32.0 Å². The molecule has 2 saturated heterocycles. The summed E-state index contributed by atoms with van der Waals surface area (Å²) in [5.41, 5.74) is 8.68. The number of H-pyrrole nitrogens is 1. The molecule has 4 rings (SSSR count). The van der Waals surface area contributed by atoms with Gasteiger partial charge in [-0.25, -0.2) is 9.78 Å². The molecule has 2 aromatic rings. The van der Waals surface area contributed by atoms with Gasteiger partial charge >= 0.3 is 6.03 Å². The predicted molar refractivity (Wildman–Crippen MR) is 98.7 cm³/mol. The van der Waals surface area contributed by atoms with E-state index in [9.17, 15) is 9.59 Å². The first-order valence-corrected chi connectivity index (χ1v) is 9.34. The standard InChI is InChI=1S/C19H25N5O2/c1-12-4-2-5-14-16(12)22-17(21-14)13-7-10-23(11-8-13)18(25)15-6-3-9-24(15)19(20)26/h2,4-5,13,15H,3,6-11H2,1H3,(H2,20,26)(H,21,22)/t15-/m0/s1. The number of para-hydroxylation sites is 1. The van der Waals surface area contributed by atoms with Gasteiger partial charge in [-0.05, 0) is 44.2 Å². The number of nitrogens with zero attached hydrogens (tertiary/aromatic N) is 3. The van der Waals surface area contributed by atoms with Crippen LogP contribution in [-0.4, -0.2) is 57.4 Å². The van der Waals surface area contributed by atoms with Crippen LogP contribution in [0.4, 0.5) is 4.79 Å². The normalized spacial score (nSPS) is 21.5. The zero-order valence-corrected chi connectivity index (χ0v) is 15.1. The number of likely N-dealkylation sites (tertiary alicyclic amines) is 2. The molecule has 0 saturated carbocycles. The molecule has 2 fully saturated rings. The maximum absolute atomic E-state index is 12.8. The number of primary amides is 1. The summed E-state index contributed by atoms with van der Waals surface area (Å²) < 4.78 is 0. The van der Waals surface area contributed by atoms with Gasteiger partial charge in [0, 0.05) is 25.6 Å². The fourth-order valence-corrected chi connectivity index (χ4v) is 4.26. The highest BCUT2D eigenvalue weighted by molar-refractivity contribution is 5.87. The Labute approximate surface area is 152 Å². The molecule has 0 bridgehead atoms. The van der Waals surface area contributed by atoms with Crippen molar-refractivity contribution in [2.24, 2.45) is 5.73 Å². The molecular weight excluding hydrogens is 330 g/mol. The number of aromatic nitrogens is 2. The molecule has 138 valence electrons. The third-order valence-corrected chi connectivity index (χ3v) is 5.75. The number of amides is 3. The van der Waals surface area contributed by atoms with Gasteiger partial charge in [-0.15, -0.1) is 0 Å². The molecule has 0 aliphatic carbocycles. The molecular formula is C19H25N5O2. The maximum atomic E-state index is 12.8. The number of benzene rings is 1. The maximum Gasteiger partial charge on any atom is 0.315 e. The molecule has 1 aromatic heterocycles. The minimum Gasteiger partial charge on any atom is -0.351 e. The smallest absolute Gasteiger partial charge is 0.315 e. The Balaban J connectivity index is 1.42. The number of nitrogens with two attached hydrogens (primary N) is 1. The Morgan fingerprint density at radius 2 is 1.96 bits per heavy atom. The summed E-state index contributed by atoms with van der Waals surface area (Å²) in [7, 11) is 0. The van der Waals surface area contributed by atoms with E-state index < -0.39 is 6.03 Å². The van der Waals surface area contributed by atoms with Crippen LogP contribution in [0, 0.1) is 6.92 Å². The molecule has 3 heterocycles. The lowest BCUT2D eigenvalue weighted by Gasteiger charge is -2.34. The first-order chi connectivity index (χ1) is 12.5. The lowest BCUT2D eigenvalue weighted by Crippen LogP contribution is -2.51. The number of aromatic amines is 1. The zero-order valence-electron chi connectivity index (χ0n) is 15.1. The number of carbonyl (C=O) groups excluding carboxylic acids is 2. The molecule has 2 aliphatic rings. The fourth-order valence-electron chi connectivity index (χ4n) is 4.26. The van der Waals surface area contributed by atoms with Crippen LogP contribution >= 0.6 is 0 Å². The van der Waals surface area contributed by atoms with Crippen molar-refractivity contribution in [3.8, 4) is 0 Å². The van der Waals surface area contributed by atoms with E-state index in [1.165, 1.54) is 10.5 Å². The molecule has 26 heavy (non-hydrogen) atoms. The number of fused-ring (bicyclic) bond motifs is 1. The van der Waals surface area contributed by atoms with Crippen molar-refractivity contribution in [2.75, 3.05) is 19.6 Å². The van der Waals surface area contributed by atoms with Crippen molar-refractivity contribution < 1.29 is 9.59 Å². The Bertz CT molecular complexity index is 838. The van der Waals surface area contributed by atoms with E-state index >= 15 is 0 Å². The second-order valence-corrected chi connectivity index (χ2v) is 7.38. The Hall–Kier alpha value is -2.57. The lowest BCUT2D eigenvalue weighted by molar-refractivity contribution is -0.136. The number of piperidine rings is 1. The third kappa shape index (κ3) is 2.91. The van der Waals surface area contributed by atoms with Crippen LogP contribution in [0.15, 0.2) is 18.2 Å². The SMILES string of the molecule is Cc1cccc2[nH]c(C3CCN(C(=O)[C@@H]4CCCN4C(N)=O)CC3)nc12. The average Bonchev–Trinajstić information content (AvgIpc) is 3.29. The third-order valence-electron chi connectivity index (χ3n) is 5.75. The summed E-state index contributed by atoms with van der Waals surface area (Å²) in [6.07, 6.45) is 3.32. The summed E-state index contributed by atoms with van der Waals surface area (Å²) in [6, 6.07) is 5.29. The number of imidazole rings is 1. The minimum absolute atomic E-state index is 0.0419. The summed E-state index contributed by atoms with van der Waals surface area (Å²) >= 11 is 0. The molecule has 0 spiro atoms. The molecule has 2 aliphatic heterocycles. The molecule has 3 amide bonds. The Morgan fingerprint density at radius 1 is 1.19 bits per heavy atom. The molecule has 0 unspecified atom stereocenters. The fraction of sp³-hybridized carbons (Fsp3) is 0.526. The van der Waals surface area contributed by atoms with Crippen LogP contribution < -0.4 is 5.73 Å².